The number of morpholine rings is 1. The zero-order valence-electron chi connectivity index (χ0n) is 15.0. The number of aryl methyl sites for hydroxylation is 2. The average molecular weight is 366 g/mol. The van der Waals surface area contributed by atoms with Gasteiger partial charge in [-0.2, -0.15) is 0 Å². The molecule has 3 heterocycles. The Morgan fingerprint density at radius 2 is 1.81 bits per heavy atom. The number of carbonyl (C=O) groups excluding carboxylic acids is 1. The first-order valence-electron chi connectivity index (χ1n) is 8.84. The number of hydrogen-bond acceptors (Lipinski definition) is 3. The fourth-order valence-corrected chi connectivity index (χ4v) is 4.38. The van der Waals surface area contributed by atoms with E-state index >= 15 is 0 Å². The molecular weight excluding hydrogens is 344 g/mol. The van der Waals surface area contributed by atoms with Crippen molar-refractivity contribution in [3.05, 3.63) is 75.7 Å². The monoisotopic (exact) mass is 366 g/mol. The summed E-state index contributed by atoms with van der Waals surface area (Å²) >= 11 is 1.51. The number of thiophene rings is 1. The van der Waals surface area contributed by atoms with Gasteiger partial charge in [0.2, 0.25) is 0 Å². The normalized spacial score (nSPS) is 17.5. The maximum atomic E-state index is 13.2. The highest BCUT2D eigenvalue weighted by molar-refractivity contribution is 7.12. The van der Waals surface area contributed by atoms with Crippen molar-refractivity contribution in [1.82, 2.24) is 9.47 Å². The van der Waals surface area contributed by atoms with Crippen molar-refractivity contribution in [3.63, 3.8) is 0 Å². The number of nitrogens with zero attached hydrogens (tertiary/aromatic N) is 2. The van der Waals surface area contributed by atoms with E-state index < -0.39 is 0 Å². The van der Waals surface area contributed by atoms with Gasteiger partial charge in [-0.1, -0.05) is 30.3 Å². The zero-order valence-corrected chi connectivity index (χ0v) is 15.8. The van der Waals surface area contributed by atoms with Crippen LogP contribution in [0.4, 0.5) is 0 Å². The van der Waals surface area contributed by atoms with E-state index in [2.05, 4.69) is 42.7 Å². The number of ether oxygens (including phenoxy) is 1. The van der Waals surface area contributed by atoms with Gasteiger partial charge in [0.15, 0.2) is 0 Å². The van der Waals surface area contributed by atoms with Crippen molar-refractivity contribution in [2.24, 2.45) is 0 Å². The second kappa shape index (κ2) is 7.09. The SMILES string of the molecule is Cc1ccc(C)n1-c1ccsc1C(=O)N1CCO[C@@H](c2ccccc2)C1. The molecule has 0 radical (unpaired) electrons. The molecule has 0 aliphatic carbocycles. The molecule has 0 bridgehead atoms. The van der Waals surface area contributed by atoms with Crippen LogP contribution in [-0.2, 0) is 4.74 Å². The lowest BCUT2D eigenvalue weighted by molar-refractivity contribution is -0.0226. The Morgan fingerprint density at radius 1 is 1.08 bits per heavy atom. The first-order chi connectivity index (χ1) is 12.6. The van der Waals surface area contributed by atoms with Crippen LogP contribution < -0.4 is 0 Å². The van der Waals surface area contributed by atoms with Gasteiger partial charge in [-0.25, -0.2) is 0 Å². The number of rotatable bonds is 3. The fraction of sp³-hybridized carbons (Fsp3) is 0.286. The van der Waals surface area contributed by atoms with Crippen LogP contribution in [0.15, 0.2) is 53.9 Å². The van der Waals surface area contributed by atoms with Crippen molar-refractivity contribution in [2.45, 2.75) is 20.0 Å². The summed E-state index contributed by atoms with van der Waals surface area (Å²) in [5.41, 5.74) is 4.37. The summed E-state index contributed by atoms with van der Waals surface area (Å²) in [7, 11) is 0. The lowest BCUT2D eigenvalue weighted by Gasteiger charge is -2.33. The van der Waals surface area contributed by atoms with Gasteiger partial charge in [-0.3, -0.25) is 4.79 Å². The molecule has 4 rings (SSSR count). The number of aromatic nitrogens is 1. The molecule has 3 aromatic rings. The molecule has 5 heteroatoms. The molecule has 1 aliphatic rings. The van der Waals surface area contributed by atoms with Crippen molar-refractivity contribution >= 4 is 17.2 Å². The summed E-state index contributed by atoms with van der Waals surface area (Å²) in [6, 6.07) is 16.3. The first-order valence-corrected chi connectivity index (χ1v) is 9.72. The van der Waals surface area contributed by atoms with Gasteiger partial charge < -0.3 is 14.2 Å². The number of hydrogen-bond donors (Lipinski definition) is 0. The third-order valence-electron chi connectivity index (χ3n) is 4.88. The molecule has 26 heavy (non-hydrogen) atoms. The quantitative estimate of drug-likeness (QED) is 0.690. The molecule has 134 valence electrons. The van der Waals surface area contributed by atoms with E-state index in [9.17, 15) is 4.79 Å². The predicted molar refractivity (Wildman–Crippen MR) is 104 cm³/mol. The molecule has 1 fully saturated rings. The number of benzene rings is 1. The molecule has 1 atom stereocenters. The van der Waals surface area contributed by atoms with Crippen LogP contribution in [0.3, 0.4) is 0 Å². The number of amides is 1. The Kier molecular flexibility index (Phi) is 4.66. The van der Waals surface area contributed by atoms with E-state index in [1.807, 2.05) is 34.5 Å². The molecule has 0 spiro atoms. The van der Waals surface area contributed by atoms with Crippen molar-refractivity contribution in [1.29, 1.82) is 0 Å². The highest BCUT2D eigenvalue weighted by Gasteiger charge is 2.28. The average Bonchev–Trinajstić information content (AvgIpc) is 3.28. The minimum absolute atomic E-state index is 0.0626. The predicted octanol–water partition coefficient (Wildman–Crippen LogP) is 4.37. The Hall–Kier alpha value is -2.37. The van der Waals surface area contributed by atoms with Gasteiger partial charge in [-0.05, 0) is 43.0 Å². The maximum Gasteiger partial charge on any atom is 0.266 e. The highest BCUT2D eigenvalue weighted by Crippen LogP contribution is 2.29. The van der Waals surface area contributed by atoms with Gasteiger partial charge >= 0.3 is 0 Å². The summed E-state index contributed by atoms with van der Waals surface area (Å²) in [6.45, 7) is 5.92. The Morgan fingerprint density at radius 3 is 2.54 bits per heavy atom. The zero-order chi connectivity index (χ0) is 18.1. The van der Waals surface area contributed by atoms with E-state index in [-0.39, 0.29) is 12.0 Å². The second-order valence-corrected chi connectivity index (χ2v) is 7.52. The van der Waals surface area contributed by atoms with Gasteiger partial charge in [-0.15, -0.1) is 11.3 Å². The third-order valence-corrected chi connectivity index (χ3v) is 5.77. The molecule has 1 amide bonds. The minimum Gasteiger partial charge on any atom is -0.370 e. The maximum absolute atomic E-state index is 13.2. The van der Waals surface area contributed by atoms with Crippen LogP contribution in [0.2, 0.25) is 0 Å². The van der Waals surface area contributed by atoms with Crippen molar-refractivity contribution in [2.75, 3.05) is 19.7 Å². The molecule has 0 unspecified atom stereocenters. The summed E-state index contributed by atoms with van der Waals surface area (Å²) < 4.78 is 8.06. The van der Waals surface area contributed by atoms with E-state index in [1.54, 1.807) is 0 Å². The molecule has 1 saturated heterocycles. The highest BCUT2D eigenvalue weighted by atomic mass is 32.1. The van der Waals surface area contributed by atoms with Crippen LogP contribution >= 0.6 is 11.3 Å². The number of carbonyl (C=O) groups is 1. The van der Waals surface area contributed by atoms with Gasteiger partial charge in [0.05, 0.1) is 18.8 Å². The smallest absolute Gasteiger partial charge is 0.266 e. The Labute approximate surface area is 157 Å². The van der Waals surface area contributed by atoms with Crippen molar-refractivity contribution < 1.29 is 9.53 Å². The molecular formula is C21H22N2O2S. The largest absolute Gasteiger partial charge is 0.370 e. The topological polar surface area (TPSA) is 34.5 Å². The van der Waals surface area contributed by atoms with E-state index in [1.165, 1.54) is 11.3 Å². The van der Waals surface area contributed by atoms with E-state index in [0.29, 0.717) is 19.7 Å². The standard InChI is InChI=1S/C21H22N2O2S/c1-15-8-9-16(2)23(15)18-10-13-26-20(18)21(24)22-11-12-25-19(14-22)17-6-4-3-5-7-17/h3-10,13,19H,11-12,14H2,1-2H3/t19-/m1/s1. The molecule has 0 N–H and O–H groups in total. The van der Waals surface area contributed by atoms with Gasteiger partial charge in [0.25, 0.3) is 5.91 Å². The molecule has 1 aliphatic heterocycles. The summed E-state index contributed by atoms with van der Waals surface area (Å²) in [5.74, 6) is 0.0896. The van der Waals surface area contributed by atoms with Crippen LogP contribution in [0, 0.1) is 13.8 Å². The minimum atomic E-state index is -0.0626. The lowest BCUT2D eigenvalue weighted by Crippen LogP contribution is -2.42. The summed E-state index contributed by atoms with van der Waals surface area (Å²) in [4.78, 5) is 16.0. The van der Waals surface area contributed by atoms with Crippen LogP contribution in [0.25, 0.3) is 5.69 Å². The second-order valence-electron chi connectivity index (χ2n) is 6.61. The molecule has 4 nitrogen and oxygen atoms in total. The van der Waals surface area contributed by atoms with E-state index in [4.69, 9.17) is 4.74 Å². The van der Waals surface area contributed by atoms with Crippen LogP contribution in [0.5, 0.6) is 0 Å². The fourth-order valence-electron chi connectivity index (χ4n) is 3.53. The van der Waals surface area contributed by atoms with Crippen LogP contribution in [-0.4, -0.2) is 35.1 Å². The first kappa shape index (κ1) is 17.1. The van der Waals surface area contributed by atoms with E-state index in [0.717, 1.165) is 27.5 Å². The van der Waals surface area contributed by atoms with Gasteiger partial charge in [0.1, 0.15) is 11.0 Å². The van der Waals surface area contributed by atoms with Crippen molar-refractivity contribution in [3.8, 4) is 5.69 Å². The summed E-state index contributed by atoms with van der Waals surface area (Å²) in [5, 5.41) is 2.00. The Bertz CT molecular complexity index is 894. The lowest BCUT2D eigenvalue weighted by atomic mass is 10.1. The molecule has 2 aromatic heterocycles. The third kappa shape index (κ3) is 3.08. The van der Waals surface area contributed by atoms with Crippen LogP contribution in [0.1, 0.15) is 32.7 Å². The summed E-state index contributed by atoms with van der Waals surface area (Å²) in [6.07, 6.45) is -0.0626. The molecule has 1 aromatic carbocycles. The Balaban J connectivity index is 1.60. The molecule has 0 saturated carbocycles. The van der Waals surface area contributed by atoms with Gasteiger partial charge in [0, 0.05) is 17.9 Å².